The Balaban J connectivity index is 1.53. The van der Waals surface area contributed by atoms with Gasteiger partial charge in [0.05, 0.1) is 36.4 Å². The fraction of sp³-hybridized carbons (Fsp3) is 0.333. The molecule has 1 aromatic heterocycles. The molecular formula is C24H21F3N4O4. The van der Waals surface area contributed by atoms with E-state index in [4.69, 9.17) is 19.3 Å². The summed E-state index contributed by atoms with van der Waals surface area (Å²) in [6.45, 7) is 3.85. The third-order valence-electron chi connectivity index (χ3n) is 5.65. The molecule has 0 aliphatic carbocycles. The molecular weight excluding hydrogens is 465 g/mol. The highest BCUT2D eigenvalue weighted by Gasteiger charge is 2.48. The van der Waals surface area contributed by atoms with Crippen LogP contribution >= 0.6 is 0 Å². The second kappa shape index (κ2) is 8.94. The molecule has 1 aliphatic heterocycles. The van der Waals surface area contributed by atoms with Gasteiger partial charge in [0.15, 0.2) is 11.9 Å². The van der Waals surface area contributed by atoms with Gasteiger partial charge in [-0.05, 0) is 30.3 Å². The number of alkyl halides is 3. The molecule has 1 saturated heterocycles. The van der Waals surface area contributed by atoms with Gasteiger partial charge in [0, 0.05) is 12.0 Å². The summed E-state index contributed by atoms with van der Waals surface area (Å²) in [5.74, 6) is 0.469. The third-order valence-corrected chi connectivity index (χ3v) is 5.65. The average Bonchev–Trinajstić information content (AvgIpc) is 3.36. The monoisotopic (exact) mass is 486 g/mol. The Morgan fingerprint density at radius 1 is 1.26 bits per heavy atom. The van der Waals surface area contributed by atoms with E-state index in [1.807, 2.05) is 0 Å². The maximum absolute atomic E-state index is 13.3. The number of carbonyl (C=O) groups excluding carboxylic acids is 1. The van der Waals surface area contributed by atoms with E-state index in [0.29, 0.717) is 11.3 Å². The van der Waals surface area contributed by atoms with Crippen LogP contribution in [0.15, 0.2) is 47.0 Å². The number of nitrogens with zero attached hydrogens (tertiary/aromatic N) is 4. The van der Waals surface area contributed by atoms with Crippen LogP contribution in [0.1, 0.15) is 30.8 Å². The van der Waals surface area contributed by atoms with Crippen molar-refractivity contribution in [2.75, 3.05) is 13.7 Å². The van der Waals surface area contributed by atoms with E-state index >= 15 is 0 Å². The summed E-state index contributed by atoms with van der Waals surface area (Å²) in [5, 5.41) is 12.9. The van der Waals surface area contributed by atoms with Crippen LogP contribution in [0.5, 0.6) is 11.5 Å². The number of likely N-dealkylation sites (tertiary alicyclic amines) is 1. The van der Waals surface area contributed by atoms with E-state index in [1.54, 1.807) is 38.1 Å². The molecule has 1 atom stereocenters. The van der Waals surface area contributed by atoms with Crippen molar-refractivity contribution in [3.63, 3.8) is 0 Å². The highest BCUT2D eigenvalue weighted by atomic mass is 19.4. The van der Waals surface area contributed by atoms with Crippen molar-refractivity contribution < 1.29 is 32.0 Å². The van der Waals surface area contributed by atoms with Gasteiger partial charge in [0.2, 0.25) is 0 Å². The Kier molecular flexibility index (Phi) is 6.15. The van der Waals surface area contributed by atoms with Gasteiger partial charge in [-0.3, -0.25) is 4.79 Å². The Bertz CT molecular complexity index is 1300. The van der Waals surface area contributed by atoms with Crippen molar-refractivity contribution in [2.24, 2.45) is 5.41 Å². The Labute approximate surface area is 198 Å². The van der Waals surface area contributed by atoms with Gasteiger partial charge in [-0.2, -0.15) is 23.4 Å². The predicted molar refractivity (Wildman–Crippen MR) is 116 cm³/mol. The molecule has 3 aromatic rings. The lowest BCUT2D eigenvalue weighted by atomic mass is 9.89. The third kappa shape index (κ3) is 4.77. The lowest BCUT2D eigenvalue weighted by molar-refractivity contribution is -0.138. The minimum atomic E-state index is -4.73. The van der Waals surface area contributed by atoms with E-state index < -0.39 is 34.7 Å². The van der Waals surface area contributed by atoms with Crippen molar-refractivity contribution in [3.05, 3.63) is 59.4 Å². The first-order valence-corrected chi connectivity index (χ1v) is 10.6. The van der Waals surface area contributed by atoms with E-state index in [0.717, 1.165) is 12.1 Å². The van der Waals surface area contributed by atoms with Gasteiger partial charge in [-0.15, -0.1) is 0 Å². The van der Waals surface area contributed by atoms with Crippen LogP contribution in [0, 0.1) is 16.7 Å². The molecule has 1 aliphatic rings. The quantitative estimate of drug-likeness (QED) is 0.507. The van der Waals surface area contributed by atoms with E-state index in [-0.39, 0.29) is 30.6 Å². The normalized spacial score (nSPS) is 17.3. The number of nitriles is 1. The van der Waals surface area contributed by atoms with Crippen molar-refractivity contribution in [1.29, 1.82) is 5.26 Å². The number of amides is 1. The molecule has 2 heterocycles. The van der Waals surface area contributed by atoms with Crippen LogP contribution in [0.4, 0.5) is 13.2 Å². The molecule has 4 rings (SSSR count). The van der Waals surface area contributed by atoms with Crippen molar-refractivity contribution in [3.8, 4) is 29.0 Å². The summed E-state index contributed by atoms with van der Waals surface area (Å²) in [5.41, 5.74) is -1.76. The largest absolute Gasteiger partial charge is 0.496 e. The lowest BCUT2D eigenvalue weighted by Crippen LogP contribution is -2.36. The molecule has 1 unspecified atom stereocenters. The fourth-order valence-corrected chi connectivity index (χ4v) is 3.98. The number of hydrogen-bond donors (Lipinski definition) is 0. The maximum atomic E-state index is 13.3. The first-order valence-electron chi connectivity index (χ1n) is 10.6. The molecule has 0 spiro atoms. The number of halogens is 3. The number of aromatic nitrogens is 2. The summed E-state index contributed by atoms with van der Waals surface area (Å²) >= 11 is 0. The van der Waals surface area contributed by atoms with Crippen LogP contribution in [0.2, 0.25) is 0 Å². The van der Waals surface area contributed by atoms with Crippen LogP contribution in [0.25, 0.3) is 11.5 Å². The van der Waals surface area contributed by atoms with Crippen LogP contribution in [-0.4, -0.2) is 40.7 Å². The SMILES string of the molecule is COc1ccccc1-c1nc(CN2CC(C)(C)C(Oc3ccc(C#N)c(C(F)(F)F)c3)C2=O)no1. The second-order valence-electron chi connectivity index (χ2n) is 8.71. The average molecular weight is 486 g/mol. The molecule has 1 amide bonds. The van der Waals surface area contributed by atoms with Gasteiger partial charge < -0.3 is 18.9 Å². The first kappa shape index (κ1) is 24.1. The fourth-order valence-electron chi connectivity index (χ4n) is 3.98. The van der Waals surface area contributed by atoms with Crippen molar-refractivity contribution >= 4 is 5.91 Å². The Hall–Kier alpha value is -4.07. The summed E-state index contributed by atoms with van der Waals surface area (Å²) in [6.07, 6.45) is -5.78. The van der Waals surface area contributed by atoms with Crippen LogP contribution in [-0.2, 0) is 17.5 Å². The van der Waals surface area contributed by atoms with Crippen molar-refractivity contribution in [1.82, 2.24) is 15.0 Å². The smallest absolute Gasteiger partial charge is 0.417 e. The Morgan fingerprint density at radius 2 is 2.00 bits per heavy atom. The summed E-state index contributed by atoms with van der Waals surface area (Å²) in [6, 6.07) is 11.6. The molecule has 182 valence electrons. The minimum absolute atomic E-state index is 0.0297. The predicted octanol–water partition coefficient (Wildman–Crippen LogP) is 4.45. The molecule has 2 aromatic carbocycles. The van der Waals surface area contributed by atoms with Crippen LogP contribution in [0.3, 0.4) is 0 Å². The Morgan fingerprint density at radius 3 is 2.69 bits per heavy atom. The number of rotatable bonds is 6. The maximum Gasteiger partial charge on any atom is 0.417 e. The summed E-state index contributed by atoms with van der Waals surface area (Å²) < 4.78 is 56.3. The van der Waals surface area contributed by atoms with Crippen LogP contribution < -0.4 is 9.47 Å². The molecule has 0 saturated carbocycles. The molecule has 35 heavy (non-hydrogen) atoms. The topological polar surface area (TPSA) is 101 Å². The molecule has 0 radical (unpaired) electrons. The number of hydrogen-bond acceptors (Lipinski definition) is 7. The van der Waals surface area contributed by atoms with Gasteiger partial charge in [-0.1, -0.05) is 31.1 Å². The number of carbonyl (C=O) groups is 1. The molecule has 8 nitrogen and oxygen atoms in total. The number of ether oxygens (including phenoxy) is 2. The van der Waals surface area contributed by atoms with Gasteiger partial charge in [0.25, 0.3) is 11.8 Å². The standard InChI is InChI=1S/C24H21F3N4O4/c1-23(2)13-31(12-19-29-21(35-30-19)16-6-4-5-7-18(16)33-3)22(32)20(23)34-15-9-8-14(11-28)17(10-15)24(25,26)27/h4-10,20H,12-13H2,1-3H3. The molecule has 0 bridgehead atoms. The summed E-state index contributed by atoms with van der Waals surface area (Å²) in [7, 11) is 1.52. The highest BCUT2D eigenvalue weighted by molar-refractivity contribution is 5.84. The minimum Gasteiger partial charge on any atom is -0.496 e. The zero-order valence-corrected chi connectivity index (χ0v) is 19.1. The number of benzene rings is 2. The summed E-state index contributed by atoms with van der Waals surface area (Å²) in [4.78, 5) is 19.0. The lowest BCUT2D eigenvalue weighted by Gasteiger charge is -2.24. The van der Waals surface area contributed by atoms with E-state index in [2.05, 4.69) is 10.1 Å². The molecule has 1 fully saturated rings. The van der Waals surface area contributed by atoms with E-state index in [9.17, 15) is 18.0 Å². The van der Waals surface area contributed by atoms with Crippen molar-refractivity contribution in [2.45, 2.75) is 32.7 Å². The number of para-hydroxylation sites is 1. The van der Waals surface area contributed by atoms with Gasteiger partial charge >= 0.3 is 6.18 Å². The van der Waals surface area contributed by atoms with Gasteiger partial charge in [-0.25, -0.2) is 0 Å². The number of methoxy groups -OCH3 is 1. The second-order valence-corrected chi connectivity index (χ2v) is 8.71. The zero-order chi connectivity index (χ0) is 25.4. The first-order chi connectivity index (χ1) is 16.5. The highest BCUT2D eigenvalue weighted by Crippen LogP contribution is 2.38. The van der Waals surface area contributed by atoms with Gasteiger partial charge in [0.1, 0.15) is 11.5 Å². The molecule has 11 heteroatoms. The molecule has 0 N–H and O–H groups in total. The van der Waals surface area contributed by atoms with E-state index in [1.165, 1.54) is 24.1 Å². The zero-order valence-electron chi connectivity index (χ0n) is 19.1.